The lowest BCUT2D eigenvalue weighted by molar-refractivity contribution is -0.173. The number of esters is 2. The number of nitrogens with one attached hydrogen (secondary N) is 1. The van der Waals surface area contributed by atoms with Crippen LogP contribution >= 0.6 is 0 Å². The Kier molecular flexibility index (Phi) is 5.90. The smallest absolute Gasteiger partial charge is 0.311 e. The van der Waals surface area contributed by atoms with Gasteiger partial charge in [-0.25, -0.2) is 0 Å². The van der Waals surface area contributed by atoms with Crippen LogP contribution in [0.3, 0.4) is 0 Å². The molecule has 0 aromatic rings. The Labute approximate surface area is 129 Å². The van der Waals surface area contributed by atoms with Crippen LogP contribution in [0.2, 0.25) is 0 Å². The summed E-state index contributed by atoms with van der Waals surface area (Å²) in [7, 11) is 0. The van der Waals surface area contributed by atoms with Crippen molar-refractivity contribution in [2.75, 3.05) is 6.61 Å². The lowest BCUT2D eigenvalue weighted by Crippen LogP contribution is -2.50. The van der Waals surface area contributed by atoms with Crippen LogP contribution in [0.5, 0.6) is 0 Å². The molecule has 0 radical (unpaired) electrons. The van der Waals surface area contributed by atoms with Gasteiger partial charge in [0.15, 0.2) is 12.4 Å². The first-order chi connectivity index (χ1) is 10.0. The van der Waals surface area contributed by atoms with Gasteiger partial charge in [0, 0.05) is 13.8 Å². The van der Waals surface area contributed by atoms with Gasteiger partial charge < -0.3 is 24.6 Å². The van der Waals surface area contributed by atoms with Crippen LogP contribution in [0.15, 0.2) is 0 Å². The van der Waals surface area contributed by atoms with E-state index in [0.29, 0.717) is 0 Å². The van der Waals surface area contributed by atoms with Gasteiger partial charge in [-0.1, -0.05) is 0 Å². The molecular formula is C14H23NO7. The van der Waals surface area contributed by atoms with Crippen molar-refractivity contribution in [3.05, 3.63) is 0 Å². The average Bonchev–Trinajstić information content (AvgIpc) is 2.61. The maximum atomic E-state index is 11.8. The molecule has 4 atom stereocenters. The van der Waals surface area contributed by atoms with E-state index in [2.05, 4.69) is 5.32 Å². The summed E-state index contributed by atoms with van der Waals surface area (Å²) >= 11 is 0. The van der Waals surface area contributed by atoms with E-state index in [-0.39, 0.29) is 12.5 Å². The lowest BCUT2D eigenvalue weighted by atomic mass is 9.97. The maximum Gasteiger partial charge on any atom is 0.311 e. The maximum absolute atomic E-state index is 11.8. The Morgan fingerprint density at radius 3 is 2.27 bits per heavy atom. The van der Waals surface area contributed by atoms with Crippen molar-refractivity contribution in [1.82, 2.24) is 5.32 Å². The highest BCUT2D eigenvalue weighted by atomic mass is 16.7. The topological polar surface area (TPSA) is 111 Å². The summed E-state index contributed by atoms with van der Waals surface area (Å²) in [6, 6.07) is -0.802. The molecule has 0 saturated carbocycles. The van der Waals surface area contributed by atoms with Crippen molar-refractivity contribution in [1.29, 1.82) is 0 Å². The fourth-order valence-corrected chi connectivity index (χ4v) is 1.98. The molecule has 1 saturated heterocycles. The molecule has 1 aliphatic heterocycles. The summed E-state index contributed by atoms with van der Waals surface area (Å²) in [4.78, 5) is 34.2. The third kappa shape index (κ3) is 4.96. The highest BCUT2D eigenvalue weighted by molar-refractivity contribution is 5.75. The highest BCUT2D eigenvalue weighted by Crippen LogP contribution is 2.24. The molecule has 2 N–H and O–H groups in total. The van der Waals surface area contributed by atoms with Crippen LogP contribution in [0.25, 0.3) is 0 Å². The summed E-state index contributed by atoms with van der Waals surface area (Å²) in [5, 5.41) is 12.4. The molecule has 1 heterocycles. The lowest BCUT2D eigenvalue weighted by Gasteiger charge is -2.24. The Hall–Kier alpha value is -1.67. The molecule has 1 rings (SSSR count). The van der Waals surface area contributed by atoms with E-state index in [0.717, 1.165) is 0 Å². The number of aliphatic hydroxyl groups excluding tert-OH is 1. The van der Waals surface area contributed by atoms with Crippen LogP contribution in [0.4, 0.5) is 0 Å². The highest BCUT2D eigenvalue weighted by Gasteiger charge is 2.47. The first-order valence-electron chi connectivity index (χ1n) is 6.97. The van der Waals surface area contributed by atoms with E-state index in [1.807, 2.05) is 0 Å². The summed E-state index contributed by atoms with van der Waals surface area (Å²) in [5.74, 6) is -1.44. The molecule has 1 fully saturated rings. The number of aliphatic hydroxyl groups is 1. The fraction of sp³-hybridized carbons (Fsp3) is 0.786. The number of carbonyl (C=O) groups is 3. The third-order valence-electron chi connectivity index (χ3n) is 3.01. The predicted molar refractivity (Wildman–Crippen MR) is 74.5 cm³/mol. The number of carbonyl (C=O) groups excluding carboxylic acids is 3. The van der Waals surface area contributed by atoms with Crippen LogP contribution in [-0.2, 0) is 28.6 Å². The van der Waals surface area contributed by atoms with Crippen LogP contribution in [0.1, 0.15) is 34.6 Å². The Bertz CT molecular complexity index is 443. The monoisotopic (exact) mass is 317 g/mol. The van der Waals surface area contributed by atoms with Gasteiger partial charge >= 0.3 is 11.9 Å². The van der Waals surface area contributed by atoms with Gasteiger partial charge in [-0.2, -0.15) is 0 Å². The van der Waals surface area contributed by atoms with E-state index in [1.54, 1.807) is 20.8 Å². The summed E-state index contributed by atoms with van der Waals surface area (Å²) in [6.45, 7) is 7.40. The van der Waals surface area contributed by atoms with Crippen molar-refractivity contribution in [2.45, 2.75) is 59.2 Å². The van der Waals surface area contributed by atoms with Gasteiger partial charge in [0.25, 0.3) is 0 Å². The first-order valence-corrected chi connectivity index (χ1v) is 6.97. The van der Waals surface area contributed by atoms with Gasteiger partial charge in [-0.3, -0.25) is 14.4 Å². The largest absolute Gasteiger partial charge is 0.462 e. The van der Waals surface area contributed by atoms with Gasteiger partial charge in [0.2, 0.25) is 5.91 Å². The third-order valence-corrected chi connectivity index (χ3v) is 3.01. The quantitative estimate of drug-likeness (QED) is 0.686. The zero-order valence-electron chi connectivity index (χ0n) is 13.4. The Balaban J connectivity index is 2.77. The van der Waals surface area contributed by atoms with Crippen molar-refractivity contribution >= 4 is 17.8 Å². The van der Waals surface area contributed by atoms with Crippen LogP contribution in [-0.4, -0.2) is 54.1 Å². The fourth-order valence-electron chi connectivity index (χ4n) is 1.98. The number of rotatable bonds is 4. The van der Waals surface area contributed by atoms with Gasteiger partial charge in [0.05, 0.1) is 5.41 Å². The van der Waals surface area contributed by atoms with Crippen molar-refractivity contribution in [2.24, 2.45) is 5.41 Å². The number of amides is 1. The first kappa shape index (κ1) is 18.4. The van der Waals surface area contributed by atoms with Gasteiger partial charge in [-0.15, -0.1) is 0 Å². The normalized spacial score (nSPS) is 28.1. The Morgan fingerprint density at radius 1 is 1.23 bits per heavy atom. The minimum Gasteiger partial charge on any atom is -0.462 e. The molecular weight excluding hydrogens is 294 g/mol. The number of hydrogen-bond acceptors (Lipinski definition) is 7. The SMILES string of the molecule is CC(=O)N[C@@H]1[C@@H](COC(=O)C(C)(C)C)OC(O)[C@@H]1OC(C)=O. The molecule has 0 spiro atoms. The van der Waals surface area contributed by atoms with Crippen LogP contribution in [0, 0.1) is 5.41 Å². The summed E-state index contributed by atoms with van der Waals surface area (Å²) < 4.78 is 15.3. The molecule has 0 aromatic carbocycles. The van der Waals surface area contributed by atoms with E-state index >= 15 is 0 Å². The molecule has 126 valence electrons. The number of hydrogen-bond donors (Lipinski definition) is 2. The molecule has 0 aliphatic carbocycles. The minimum absolute atomic E-state index is 0.171. The number of ether oxygens (including phenoxy) is 3. The standard InChI is InChI=1S/C14H23NO7/c1-7(16)15-10-9(6-20-13(19)14(3,4)5)22-12(18)11(10)21-8(2)17/h9-12,18H,6H2,1-5H3,(H,15,16)/t9-,10-,11-,12?/m1/s1. The molecule has 8 nitrogen and oxygen atoms in total. The molecule has 1 amide bonds. The zero-order chi connectivity index (χ0) is 17.1. The second-order valence-electron chi connectivity index (χ2n) is 6.21. The van der Waals surface area contributed by atoms with E-state index in [4.69, 9.17) is 14.2 Å². The van der Waals surface area contributed by atoms with Crippen molar-refractivity contribution in [3.63, 3.8) is 0 Å². The molecule has 1 aliphatic rings. The summed E-state index contributed by atoms with van der Waals surface area (Å²) in [6.07, 6.45) is -3.27. The molecule has 0 bridgehead atoms. The predicted octanol–water partition coefficient (Wildman–Crippen LogP) is -0.271. The second kappa shape index (κ2) is 7.06. The Morgan fingerprint density at radius 2 is 1.82 bits per heavy atom. The minimum atomic E-state index is -1.40. The molecule has 22 heavy (non-hydrogen) atoms. The zero-order valence-corrected chi connectivity index (χ0v) is 13.4. The van der Waals surface area contributed by atoms with E-state index in [9.17, 15) is 19.5 Å². The molecule has 8 heteroatoms. The molecule has 1 unspecified atom stereocenters. The second-order valence-corrected chi connectivity index (χ2v) is 6.21. The average molecular weight is 317 g/mol. The van der Waals surface area contributed by atoms with Crippen molar-refractivity contribution < 1.29 is 33.7 Å². The van der Waals surface area contributed by atoms with E-state index in [1.165, 1.54) is 13.8 Å². The van der Waals surface area contributed by atoms with Crippen LogP contribution < -0.4 is 5.32 Å². The summed E-state index contributed by atoms with van der Waals surface area (Å²) in [5.41, 5.74) is -0.685. The van der Waals surface area contributed by atoms with Crippen molar-refractivity contribution in [3.8, 4) is 0 Å². The molecule has 0 aromatic heterocycles. The van der Waals surface area contributed by atoms with Gasteiger partial charge in [-0.05, 0) is 20.8 Å². The van der Waals surface area contributed by atoms with E-state index < -0.39 is 41.9 Å². The van der Waals surface area contributed by atoms with Gasteiger partial charge in [0.1, 0.15) is 18.8 Å².